The van der Waals surface area contributed by atoms with Crippen molar-refractivity contribution < 1.29 is 17.9 Å². The lowest BCUT2D eigenvalue weighted by molar-refractivity contribution is 0.0136. The molecular weight excluding hydrogens is 514 g/mol. The Kier molecular flexibility index (Phi) is 10.2. The van der Waals surface area contributed by atoms with Crippen LogP contribution in [0.3, 0.4) is 0 Å². The van der Waals surface area contributed by atoms with Crippen molar-refractivity contribution in [3.05, 3.63) is 71.8 Å². The zero-order chi connectivity index (χ0) is 27.7. The number of aromatic nitrogens is 2. The predicted octanol–water partition coefficient (Wildman–Crippen LogP) is 4.08. The number of hydrogen-bond acceptors (Lipinski definition) is 9. The number of hydrogen-bond donors (Lipinski definition) is 1. The molecule has 1 aliphatic carbocycles. The van der Waals surface area contributed by atoms with Crippen LogP contribution >= 0.6 is 0 Å². The molecule has 2 heterocycles. The Morgan fingerprint density at radius 1 is 1.13 bits per heavy atom. The molecule has 0 amide bonds. The molecule has 212 valence electrons. The molecule has 10 heteroatoms. The summed E-state index contributed by atoms with van der Waals surface area (Å²) in [6, 6.07) is 10.4. The van der Waals surface area contributed by atoms with Crippen LogP contribution in [-0.4, -0.2) is 79.8 Å². The molecule has 1 aromatic carbocycles. The fraction of sp³-hybridized carbons (Fsp3) is 0.517. The van der Waals surface area contributed by atoms with Crippen molar-refractivity contribution in [3.8, 4) is 5.75 Å². The number of anilines is 1. The summed E-state index contributed by atoms with van der Waals surface area (Å²) in [5.74, 6) is 1.58. The van der Waals surface area contributed by atoms with Crippen LogP contribution in [0.1, 0.15) is 38.2 Å². The van der Waals surface area contributed by atoms with Crippen LogP contribution < -0.4 is 10.1 Å². The van der Waals surface area contributed by atoms with Gasteiger partial charge in [-0.3, -0.25) is 0 Å². The van der Waals surface area contributed by atoms with Crippen molar-refractivity contribution in [1.82, 2.24) is 19.8 Å². The average Bonchev–Trinajstić information content (AvgIpc) is 3.45. The summed E-state index contributed by atoms with van der Waals surface area (Å²) in [7, 11) is -1.35. The van der Waals surface area contributed by atoms with Crippen LogP contribution in [0, 0.1) is 5.92 Å². The van der Waals surface area contributed by atoms with Gasteiger partial charge in [-0.1, -0.05) is 43.2 Å². The van der Waals surface area contributed by atoms with E-state index in [1.54, 1.807) is 19.5 Å². The molecule has 9 nitrogen and oxygen atoms in total. The van der Waals surface area contributed by atoms with E-state index in [9.17, 15) is 8.42 Å². The minimum absolute atomic E-state index is 0.0514. The summed E-state index contributed by atoms with van der Waals surface area (Å²) in [6.07, 6.45) is 13.7. The largest absolute Gasteiger partial charge is 0.489 e. The Labute approximate surface area is 232 Å². The van der Waals surface area contributed by atoms with Gasteiger partial charge in [-0.25, -0.2) is 18.4 Å². The molecule has 1 aliphatic heterocycles. The molecule has 1 unspecified atom stereocenters. The Morgan fingerprint density at radius 3 is 2.49 bits per heavy atom. The highest BCUT2D eigenvalue weighted by atomic mass is 32.2. The van der Waals surface area contributed by atoms with E-state index in [0.717, 1.165) is 24.7 Å². The zero-order valence-electron chi connectivity index (χ0n) is 23.3. The highest BCUT2D eigenvalue weighted by Crippen LogP contribution is 2.31. The first-order chi connectivity index (χ1) is 18.9. The number of allylic oxidation sites excluding steroid dienone is 1. The van der Waals surface area contributed by atoms with Gasteiger partial charge in [0.05, 0.1) is 36.1 Å². The number of nitrogens with zero attached hydrogens (tertiary/aromatic N) is 4. The second-order valence-corrected chi connectivity index (χ2v) is 12.5. The first-order valence-corrected chi connectivity index (χ1v) is 15.8. The van der Waals surface area contributed by atoms with Gasteiger partial charge in [0, 0.05) is 33.0 Å². The van der Waals surface area contributed by atoms with E-state index >= 15 is 0 Å². The Bertz CT molecular complexity index is 1210. The molecule has 0 saturated heterocycles. The van der Waals surface area contributed by atoms with Crippen molar-refractivity contribution >= 4 is 15.8 Å². The number of benzene rings is 1. The summed E-state index contributed by atoms with van der Waals surface area (Å²) in [6.45, 7) is 5.48. The summed E-state index contributed by atoms with van der Waals surface area (Å²) >= 11 is 0. The fourth-order valence-corrected chi connectivity index (χ4v) is 5.57. The molecule has 1 fully saturated rings. The van der Waals surface area contributed by atoms with E-state index in [1.165, 1.54) is 43.2 Å². The van der Waals surface area contributed by atoms with Crippen LogP contribution in [0.4, 0.5) is 5.95 Å². The molecule has 39 heavy (non-hydrogen) atoms. The lowest BCUT2D eigenvalue weighted by Crippen LogP contribution is -2.42. The zero-order valence-corrected chi connectivity index (χ0v) is 24.1. The summed E-state index contributed by atoms with van der Waals surface area (Å²) in [5, 5.41) is 3.40. The molecule has 0 radical (unpaired) electrons. The lowest BCUT2D eigenvalue weighted by Gasteiger charge is -2.40. The Morgan fingerprint density at radius 2 is 1.85 bits per heavy atom. The van der Waals surface area contributed by atoms with Crippen molar-refractivity contribution in [1.29, 1.82) is 0 Å². The second-order valence-electron chi connectivity index (χ2n) is 10.2. The monoisotopic (exact) mass is 555 g/mol. The van der Waals surface area contributed by atoms with Crippen LogP contribution in [0.15, 0.2) is 66.3 Å². The first kappa shape index (κ1) is 28.9. The third-order valence-electron chi connectivity index (χ3n) is 7.25. The van der Waals surface area contributed by atoms with Gasteiger partial charge in [0.1, 0.15) is 12.8 Å². The normalized spacial score (nSPS) is 18.0. The minimum atomic E-state index is -3.09. The molecular formula is C29H41N5O4S. The van der Waals surface area contributed by atoms with E-state index in [-0.39, 0.29) is 18.6 Å². The van der Waals surface area contributed by atoms with E-state index < -0.39 is 9.84 Å². The van der Waals surface area contributed by atoms with Crippen LogP contribution in [-0.2, 0) is 21.1 Å². The van der Waals surface area contributed by atoms with Gasteiger partial charge in [0.15, 0.2) is 15.6 Å². The SMILES string of the molecule is CCN(CC1CCCC1)C1=C(CNc2ncc(OCCS(C)(=O)=O)cn2)N(Cc2ccccc2)C(OC)C=C1. The quantitative estimate of drug-likeness (QED) is 0.370. The number of sulfone groups is 1. The van der Waals surface area contributed by atoms with E-state index in [1.807, 2.05) is 6.07 Å². The highest BCUT2D eigenvalue weighted by Gasteiger charge is 2.28. The summed E-state index contributed by atoms with van der Waals surface area (Å²) < 4.78 is 34.1. The maximum Gasteiger partial charge on any atom is 0.223 e. The highest BCUT2D eigenvalue weighted by molar-refractivity contribution is 7.90. The van der Waals surface area contributed by atoms with Gasteiger partial charge in [0.25, 0.3) is 0 Å². The van der Waals surface area contributed by atoms with Gasteiger partial charge in [-0.15, -0.1) is 0 Å². The predicted molar refractivity (Wildman–Crippen MR) is 154 cm³/mol. The molecule has 4 rings (SSSR count). The molecule has 0 bridgehead atoms. The topological polar surface area (TPSA) is 96.9 Å². The number of methoxy groups -OCH3 is 1. The molecule has 1 saturated carbocycles. The van der Waals surface area contributed by atoms with Gasteiger partial charge >= 0.3 is 0 Å². The number of likely N-dealkylation sites (N-methyl/N-ethyl adjacent to an activating group) is 1. The summed E-state index contributed by atoms with van der Waals surface area (Å²) in [5.41, 5.74) is 3.53. The maximum absolute atomic E-state index is 11.3. The number of nitrogens with one attached hydrogen (secondary N) is 1. The first-order valence-electron chi connectivity index (χ1n) is 13.7. The smallest absolute Gasteiger partial charge is 0.223 e. The fourth-order valence-electron chi connectivity index (χ4n) is 5.18. The van der Waals surface area contributed by atoms with Gasteiger partial charge in [0.2, 0.25) is 5.95 Å². The van der Waals surface area contributed by atoms with Gasteiger partial charge in [-0.05, 0) is 43.4 Å². The van der Waals surface area contributed by atoms with Crippen LogP contribution in [0.5, 0.6) is 5.75 Å². The molecule has 2 aliphatic rings. The third kappa shape index (κ3) is 8.44. The third-order valence-corrected chi connectivity index (χ3v) is 8.15. The van der Waals surface area contributed by atoms with E-state index in [0.29, 0.717) is 24.8 Å². The standard InChI is InChI=1S/C29H41N5O4S/c1-4-33(21-23-12-8-9-13-23)26-14-15-28(37-2)34(22-24-10-6-5-7-11-24)27(26)20-32-29-30-18-25(19-31-29)38-16-17-39(3,35)36/h5-7,10-11,14-15,18-19,23,28H,4,8-9,12-13,16-17,20-22H2,1-3H3,(H,30,31,32). The number of rotatable bonds is 14. The van der Waals surface area contributed by atoms with E-state index in [4.69, 9.17) is 9.47 Å². The Balaban J connectivity index is 1.55. The van der Waals surface area contributed by atoms with Crippen molar-refractivity contribution in [2.75, 3.05) is 50.7 Å². The second kappa shape index (κ2) is 13.8. The van der Waals surface area contributed by atoms with Gasteiger partial charge in [-0.2, -0.15) is 0 Å². The molecule has 0 spiro atoms. The van der Waals surface area contributed by atoms with Gasteiger partial charge < -0.3 is 24.6 Å². The average molecular weight is 556 g/mol. The van der Waals surface area contributed by atoms with Crippen LogP contribution in [0.2, 0.25) is 0 Å². The maximum atomic E-state index is 11.3. The van der Waals surface area contributed by atoms with E-state index in [2.05, 4.69) is 68.4 Å². The van der Waals surface area contributed by atoms with Crippen LogP contribution in [0.25, 0.3) is 0 Å². The van der Waals surface area contributed by atoms with Crippen molar-refractivity contribution in [3.63, 3.8) is 0 Å². The molecule has 1 aromatic heterocycles. The Hall–Kier alpha value is -3.11. The van der Waals surface area contributed by atoms with Crippen molar-refractivity contribution in [2.24, 2.45) is 5.92 Å². The molecule has 2 aromatic rings. The number of ether oxygens (including phenoxy) is 2. The minimum Gasteiger partial charge on any atom is -0.489 e. The van der Waals surface area contributed by atoms with Crippen molar-refractivity contribution in [2.45, 2.75) is 45.4 Å². The lowest BCUT2D eigenvalue weighted by atomic mass is 10.0. The molecule has 1 atom stereocenters. The summed E-state index contributed by atoms with van der Waals surface area (Å²) in [4.78, 5) is 13.6. The molecule has 1 N–H and O–H groups in total.